The summed E-state index contributed by atoms with van der Waals surface area (Å²) in [4.78, 5) is 4.22. The molecule has 0 saturated carbocycles. The van der Waals surface area contributed by atoms with Crippen molar-refractivity contribution >= 4 is 0 Å². The van der Waals surface area contributed by atoms with E-state index in [4.69, 9.17) is 4.74 Å². The molecule has 2 heterocycles. The summed E-state index contributed by atoms with van der Waals surface area (Å²) in [7, 11) is 3.52. The van der Waals surface area contributed by atoms with Gasteiger partial charge < -0.3 is 9.84 Å². The quantitative estimate of drug-likeness (QED) is 0.908. The van der Waals surface area contributed by atoms with E-state index in [9.17, 15) is 5.11 Å². The lowest BCUT2D eigenvalue weighted by Crippen LogP contribution is -2.05. The van der Waals surface area contributed by atoms with Crippen LogP contribution in [0, 0.1) is 13.8 Å². The van der Waals surface area contributed by atoms with E-state index >= 15 is 0 Å². The molecule has 108 valence electrons. The summed E-state index contributed by atoms with van der Waals surface area (Å²) in [6, 6.07) is 3.61. The maximum atomic E-state index is 10.3. The number of ether oxygens (including phenoxy) is 1. The van der Waals surface area contributed by atoms with Crippen molar-refractivity contribution in [1.29, 1.82) is 0 Å². The summed E-state index contributed by atoms with van der Waals surface area (Å²) >= 11 is 0. The highest BCUT2D eigenvalue weighted by Gasteiger charge is 2.17. The van der Waals surface area contributed by atoms with E-state index in [1.54, 1.807) is 19.4 Å². The SMILES string of the molecule is COc1cccnc1C(O)CCc1c(C)nn(C)c1C. The molecule has 0 amide bonds. The van der Waals surface area contributed by atoms with Gasteiger partial charge in [0.15, 0.2) is 0 Å². The predicted octanol–water partition coefficient (Wildman–Crippen LogP) is 2.11. The van der Waals surface area contributed by atoms with Crippen LogP contribution in [0.5, 0.6) is 5.75 Å². The van der Waals surface area contributed by atoms with Crippen LogP contribution in [0.25, 0.3) is 0 Å². The van der Waals surface area contributed by atoms with Crippen LogP contribution in [-0.2, 0) is 13.5 Å². The van der Waals surface area contributed by atoms with Gasteiger partial charge in [0.05, 0.1) is 12.8 Å². The molecule has 0 saturated heterocycles. The van der Waals surface area contributed by atoms with Crippen molar-refractivity contribution in [3.05, 3.63) is 41.0 Å². The van der Waals surface area contributed by atoms with Crippen molar-refractivity contribution in [3.8, 4) is 5.75 Å². The highest BCUT2D eigenvalue weighted by atomic mass is 16.5. The summed E-state index contributed by atoms with van der Waals surface area (Å²) in [5.41, 5.74) is 3.95. The number of methoxy groups -OCH3 is 1. The Balaban J connectivity index is 2.10. The van der Waals surface area contributed by atoms with Gasteiger partial charge in [0, 0.05) is 18.9 Å². The molecule has 2 rings (SSSR count). The van der Waals surface area contributed by atoms with Gasteiger partial charge in [-0.15, -0.1) is 0 Å². The summed E-state index contributed by atoms with van der Waals surface area (Å²) in [6.45, 7) is 4.04. The van der Waals surface area contributed by atoms with E-state index in [1.165, 1.54) is 5.56 Å². The zero-order valence-corrected chi connectivity index (χ0v) is 12.4. The summed E-state index contributed by atoms with van der Waals surface area (Å²) in [6.07, 6.45) is 2.40. The lowest BCUT2D eigenvalue weighted by atomic mass is 10.0. The van der Waals surface area contributed by atoms with E-state index in [2.05, 4.69) is 10.1 Å². The predicted molar refractivity (Wildman–Crippen MR) is 76.8 cm³/mol. The smallest absolute Gasteiger partial charge is 0.143 e. The number of hydrogen-bond donors (Lipinski definition) is 1. The fourth-order valence-corrected chi connectivity index (χ4v) is 2.42. The molecule has 1 unspecified atom stereocenters. The molecule has 0 aromatic carbocycles. The Kier molecular flexibility index (Phi) is 4.39. The molecule has 0 aliphatic rings. The standard InChI is InChI=1S/C15H21N3O2/c1-10-12(11(2)18(3)17-10)7-8-13(19)15-14(20-4)6-5-9-16-15/h5-6,9,13,19H,7-8H2,1-4H3. The Hall–Kier alpha value is -1.88. The highest BCUT2D eigenvalue weighted by Crippen LogP contribution is 2.26. The summed E-state index contributed by atoms with van der Waals surface area (Å²) < 4.78 is 7.10. The molecular formula is C15H21N3O2. The maximum Gasteiger partial charge on any atom is 0.143 e. The van der Waals surface area contributed by atoms with Crippen LogP contribution in [0.15, 0.2) is 18.3 Å². The minimum atomic E-state index is -0.634. The molecule has 1 N–H and O–H groups in total. The van der Waals surface area contributed by atoms with E-state index < -0.39 is 6.10 Å². The van der Waals surface area contributed by atoms with Crippen LogP contribution in [0.3, 0.4) is 0 Å². The van der Waals surface area contributed by atoms with Gasteiger partial charge in [0.1, 0.15) is 17.5 Å². The zero-order valence-electron chi connectivity index (χ0n) is 12.4. The molecule has 20 heavy (non-hydrogen) atoms. The van der Waals surface area contributed by atoms with Gasteiger partial charge in [0.2, 0.25) is 0 Å². The highest BCUT2D eigenvalue weighted by molar-refractivity contribution is 5.29. The first-order valence-electron chi connectivity index (χ1n) is 6.70. The number of aliphatic hydroxyl groups is 1. The Morgan fingerprint density at radius 3 is 2.75 bits per heavy atom. The second kappa shape index (κ2) is 6.05. The third-order valence-electron chi connectivity index (χ3n) is 3.66. The lowest BCUT2D eigenvalue weighted by Gasteiger charge is -2.13. The van der Waals surface area contributed by atoms with Crippen LogP contribution < -0.4 is 4.74 Å². The number of aliphatic hydroxyl groups excluding tert-OH is 1. The molecule has 5 nitrogen and oxygen atoms in total. The van der Waals surface area contributed by atoms with Crippen LogP contribution >= 0.6 is 0 Å². The first kappa shape index (κ1) is 14.5. The van der Waals surface area contributed by atoms with E-state index in [0.29, 0.717) is 17.9 Å². The molecule has 0 aliphatic carbocycles. The van der Waals surface area contributed by atoms with Crippen molar-refractivity contribution in [3.63, 3.8) is 0 Å². The van der Waals surface area contributed by atoms with Crippen LogP contribution in [0.1, 0.15) is 35.2 Å². The van der Waals surface area contributed by atoms with Crippen molar-refractivity contribution in [2.75, 3.05) is 7.11 Å². The molecule has 0 spiro atoms. The van der Waals surface area contributed by atoms with E-state index in [0.717, 1.165) is 17.8 Å². The van der Waals surface area contributed by atoms with Crippen molar-refractivity contribution in [1.82, 2.24) is 14.8 Å². The van der Waals surface area contributed by atoms with Crippen LogP contribution in [0.4, 0.5) is 0 Å². The van der Waals surface area contributed by atoms with Gasteiger partial charge in [0.25, 0.3) is 0 Å². The number of rotatable bonds is 5. The molecule has 2 aromatic heterocycles. The summed E-state index contributed by atoms with van der Waals surface area (Å²) in [5.74, 6) is 0.625. The average Bonchev–Trinajstić information content (AvgIpc) is 2.70. The molecule has 0 aliphatic heterocycles. The molecule has 0 radical (unpaired) electrons. The number of pyridine rings is 1. The van der Waals surface area contributed by atoms with E-state index in [-0.39, 0.29) is 0 Å². The topological polar surface area (TPSA) is 60.2 Å². The van der Waals surface area contributed by atoms with Crippen LogP contribution in [-0.4, -0.2) is 27.0 Å². The largest absolute Gasteiger partial charge is 0.495 e. The third-order valence-corrected chi connectivity index (χ3v) is 3.66. The number of aromatic nitrogens is 3. The lowest BCUT2D eigenvalue weighted by molar-refractivity contribution is 0.158. The Morgan fingerprint density at radius 1 is 1.40 bits per heavy atom. The maximum absolute atomic E-state index is 10.3. The van der Waals surface area contributed by atoms with Gasteiger partial charge in [-0.1, -0.05) is 0 Å². The third kappa shape index (κ3) is 2.82. The van der Waals surface area contributed by atoms with Crippen molar-refractivity contribution < 1.29 is 9.84 Å². The first-order valence-corrected chi connectivity index (χ1v) is 6.70. The molecule has 0 fully saturated rings. The number of hydrogen-bond acceptors (Lipinski definition) is 4. The zero-order chi connectivity index (χ0) is 14.7. The molecular weight excluding hydrogens is 254 g/mol. The number of nitrogens with zero attached hydrogens (tertiary/aromatic N) is 3. The second-order valence-electron chi connectivity index (χ2n) is 4.92. The molecule has 0 bridgehead atoms. The van der Waals surface area contributed by atoms with E-state index in [1.807, 2.05) is 31.6 Å². The Morgan fingerprint density at radius 2 is 2.15 bits per heavy atom. The minimum absolute atomic E-state index is 0.592. The normalized spacial score (nSPS) is 12.4. The first-order chi connectivity index (χ1) is 9.54. The van der Waals surface area contributed by atoms with Crippen molar-refractivity contribution in [2.45, 2.75) is 32.8 Å². The fourth-order valence-electron chi connectivity index (χ4n) is 2.42. The average molecular weight is 275 g/mol. The van der Waals surface area contributed by atoms with Crippen molar-refractivity contribution in [2.24, 2.45) is 7.05 Å². The van der Waals surface area contributed by atoms with Gasteiger partial charge in [-0.3, -0.25) is 9.67 Å². The molecule has 2 aromatic rings. The Labute approximate surface area is 119 Å². The minimum Gasteiger partial charge on any atom is -0.495 e. The van der Waals surface area contributed by atoms with Gasteiger partial charge in [-0.25, -0.2) is 0 Å². The fraction of sp³-hybridized carbons (Fsp3) is 0.467. The second-order valence-corrected chi connectivity index (χ2v) is 4.92. The summed E-state index contributed by atoms with van der Waals surface area (Å²) in [5, 5.41) is 14.7. The molecule has 5 heteroatoms. The molecule has 1 atom stereocenters. The monoisotopic (exact) mass is 275 g/mol. The Bertz CT molecular complexity index is 593. The van der Waals surface area contributed by atoms with Gasteiger partial charge in [-0.05, 0) is 44.4 Å². The van der Waals surface area contributed by atoms with Gasteiger partial charge in [-0.2, -0.15) is 5.10 Å². The van der Waals surface area contributed by atoms with Crippen LogP contribution in [0.2, 0.25) is 0 Å². The van der Waals surface area contributed by atoms with Gasteiger partial charge >= 0.3 is 0 Å². The number of aryl methyl sites for hydroxylation is 2.